The summed E-state index contributed by atoms with van der Waals surface area (Å²) in [5, 5.41) is 5.04. The van der Waals surface area contributed by atoms with Crippen LogP contribution in [0.15, 0.2) is 11.1 Å². The topological polar surface area (TPSA) is 75.3 Å². The predicted molar refractivity (Wildman–Crippen MR) is 82.1 cm³/mol. The van der Waals surface area contributed by atoms with Gasteiger partial charge in [-0.1, -0.05) is 12.5 Å². The summed E-state index contributed by atoms with van der Waals surface area (Å²) in [4.78, 5) is 35.6. The molecule has 1 unspecified atom stereocenters. The van der Waals surface area contributed by atoms with Gasteiger partial charge in [-0.2, -0.15) is 0 Å². The van der Waals surface area contributed by atoms with Gasteiger partial charge in [0.2, 0.25) is 0 Å². The van der Waals surface area contributed by atoms with Crippen molar-refractivity contribution in [3.63, 3.8) is 0 Å². The zero-order valence-corrected chi connectivity index (χ0v) is 13.8. The highest BCUT2D eigenvalue weighted by atomic mass is 16.2. The number of carbonyl (C=O) groups excluding carboxylic acids is 3. The molecule has 3 amide bonds. The van der Waals surface area contributed by atoms with E-state index in [1.54, 1.807) is 6.92 Å². The summed E-state index contributed by atoms with van der Waals surface area (Å²) in [6.45, 7) is 7.96. The molecule has 120 valence electrons. The normalized spacial score (nSPS) is 40.2. The van der Waals surface area contributed by atoms with Crippen LogP contribution in [-0.4, -0.2) is 23.3 Å². The van der Waals surface area contributed by atoms with Crippen LogP contribution in [0.5, 0.6) is 0 Å². The minimum Gasteiger partial charge on any atom is -0.324 e. The first kappa shape index (κ1) is 15.3. The van der Waals surface area contributed by atoms with Crippen LogP contribution in [0.25, 0.3) is 0 Å². The highest BCUT2D eigenvalue weighted by molar-refractivity contribution is 6.06. The van der Waals surface area contributed by atoms with Crippen LogP contribution in [0.4, 0.5) is 4.79 Å². The molecule has 0 radical (unpaired) electrons. The van der Waals surface area contributed by atoms with Gasteiger partial charge < -0.3 is 5.32 Å². The maximum atomic E-state index is 12.3. The number of allylic oxidation sites excluding steroid dienone is 2. The lowest BCUT2D eigenvalue weighted by Gasteiger charge is -2.32. The molecule has 22 heavy (non-hydrogen) atoms. The Morgan fingerprint density at radius 3 is 2.32 bits per heavy atom. The Bertz CT molecular complexity index is 619. The summed E-state index contributed by atoms with van der Waals surface area (Å²) in [5.74, 6) is 0.0410. The van der Waals surface area contributed by atoms with E-state index in [0.29, 0.717) is 12.8 Å². The summed E-state index contributed by atoms with van der Waals surface area (Å²) < 4.78 is 0. The number of nitrogens with one attached hydrogen (secondary N) is 2. The number of urea groups is 1. The molecule has 3 aliphatic rings. The molecule has 2 aliphatic carbocycles. The number of carbonyl (C=O) groups is 3. The van der Waals surface area contributed by atoms with Crippen LogP contribution in [0.1, 0.15) is 59.8 Å². The first-order chi connectivity index (χ1) is 10.1. The van der Waals surface area contributed by atoms with E-state index in [2.05, 4.69) is 17.6 Å². The fraction of sp³-hybridized carbons (Fsp3) is 0.706. The van der Waals surface area contributed by atoms with E-state index in [-0.39, 0.29) is 22.5 Å². The summed E-state index contributed by atoms with van der Waals surface area (Å²) in [5.41, 5.74) is 1.45. The van der Waals surface area contributed by atoms with Gasteiger partial charge in [-0.05, 0) is 62.9 Å². The second-order valence-corrected chi connectivity index (χ2v) is 8.01. The Morgan fingerprint density at radius 2 is 1.77 bits per heavy atom. The second-order valence-electron chi connectivity index (χ2n) is 8.01. The smallest absolute Gasteiger partial charge is 0.322 e. The molecule has 3 fully saturated rings. The van der Waals surface area contributed by atoms with Gasteiger partial charge in [0.05, 0.1) is 0 Å². The van der Waals surface area contributed by atoms with Crippen molar-refractivity contribution >= 4 is 17.7 Å². The van der Waals surface area contributed by atoms with Gasteiger partial charge in [-0.25, -0.2) is 4.79 Å². The van der Waals surface area contributed by atoms with Crippen molar-refractivity contribution < 1.29 is 14.4 Å². The van der Waals surface area contributed by atoms with Gasteiger partial charge in [-0.15, -0.1) is 0 Å². The number of hydrogen-bond acceptors (Lipinski definition) is 3. The summed E-state index contributed by atoms with van der Waals surface area (Å²) in [6, 6.07) is -0.410. The number of hydrogen-bond donors (Lipinski definition) is 2. The maximum Gasteiger partial charge on any atom is 0.322 e. The van der Waals surface area contributed by atoms with Gasteiger partial charge in [0.25, 0.3) is 5.91 Å². The second kappa shape index (κ2) is 4.43. The van der Waals surface area contributed by atoms with Crippen molar-refractivity contribution in [1.82, 2.24) is 10.6 Å². The minimum atomic E-state index is -0.818. The molecule has 2 N–H and O–H groups in total. The number of Topliss-reactive ketones (excluding diaryl/α,β-unsaturated/α-hetero) is 1. The van der Waals surface area contributed by atoms with Crippen LogP contribution in [0.3, 0.4) is 0 Å². The lowest BCUT2D eigenvalue weighted by atomic mass is 9.72. The lowest BCUT2D eigenvalue weighted by molar-refractivity contribution is -0.124. The number of rotatable bonds is 3. The largest absolute Gasteiger partial charge is 0.324 e. The van der Waals surface area contributed by atoms with E-state index in [1.165, 1.54) is 0 Å². The number of ketones is 1. The Morgan fingerprint density at radius 1 is 1.09 bits per heavy atom. The van der Waals surface area contributed by atoms with Gasteiger partial charge in [0.15, 0.2) is 5.78 Å². The van der Waals surface area contributed by atoms with Gasteiger partial charge in [0, 0.05) is 6.42 Å². The van der Waals surface area contributed by atoms with E-state index in [4.69, 9.17) is 0 Å². The molecule has 0 aromatic heterocycles. The van der Waals surface area contributed by atoms with E-state index in [1.807, 2.05) is 13.8 Å². The molecular weight excluding hydrogens is 280 g/mol. The van der Waals surface area contributed by atoms with Crippen LogP contribution >= 0.6 is 0 Å². The SMILES string of the molecule is CC(C)=C1C[C@]2(CCC3(C)NC(=O)NC3=O)C[C@]2(C)CC1=O. The standard InChI is InChI=1S/C17H24N2O3/c1-10(2)11-7-17(9-15(17,3)8-12(11)20)6-5-16(4)13(21)18-14(22)19-16/h5-9H2,1-4H3,(H2,18,19,21,22)/t15-,16?,17+/m0/s1. The third-order valence-electron chi connectivity index (χ3n) is 6.11. The molecule has 3 atom stereocenters. The highest BCUT2D eigenvalue weighted by Gasteiger charge is 2.67. The average Bonchev–Trinajstić information content (AvgIpc) is 2.90. The van der Waals surface area contributed by atoms with Crippen molar-refractivity contribution in [1.29, 1.82) is 0 Å². The third-order valence-corrected chi connectivity index (χ3v) is 6.11. The van der Waals surface area contributed by atoms with Crippen molar-refractivity contribution in [3.8, 4) is 0 Å². The van der Waals surface area contributed by atoms with Gasteiger partial charge in [-0.3, -0.25) is 14.9 Å². The first-order valence-corrected chi connectivity index (χ1v) is 7.94. The molecule has 5 nitrogen and oxygen atoms in total. The first-order valence-electron chi connectivity index (χ1n) is 7.94. The average molecular weight is 304 g/mol. The number of amides is 3. The quantitative estimate of drug-likeness (QED) is 0.621. The summed E-state index contributed by atoms with van der Waals surface area (Å²) >= 11 is 0. The predicted octanol–water partition coefficient (Wildman–Crippen LogP) is 2.46. The van der Waals surface area contributed by atoms with Crippen molar-refractivity contribution in [2.45, 2.75) is 65.3 Å². The van der Waals surface area contributed by atoms with E-state index in [0.717, 1.165) is 30.4 Å². The Balaban J connectivity index is 1.76. The Kier molecular flexibility index (Phi) is 3.07. The fourth-order valence-corrected chi connectivity index (χ4v) is 4.31. The van der Waals surface area contributed by atoms with Crippen LogP contribution in [-0.2, 0) is 9.59 Å². The molecule has 1 saturated heterocycles. The van der Waals surface area contributed by atoms with Gasteiger partial charge in [0.1, 0.15) is 5.54 Å². The van der Waals surface area contributed by atoms with Crippen LogP contribution < -0.4 is 10.6 Å². The molecule has 0 bridgehead atoms. The molecule has 0 aromatic rings. The van der Waals surface area contributed by atoms with Gasteiger partial charge >= 0.3 is 6.03 Å². The third kappa shape index (κ3) is 2.09. The molecule has 0 aromatic carbocycles. The maximum absolute atomic E-state index is 12.3. The minimum absolute atomic E-state index is 0.0679. The Hall–Kier alpha value is -1.65. The molecule has 2 saturated carbocycles. The van der Waals surface area contributed by atoms with Crippen LogP contribution in [0, 0.1) is 10.8 Å². The number of imide groups is 1. The van der Waals surface area contributed by atoms with E-state index in [9.17, 15) is 14.4 Å². The summed E-state index contributed by atoms with van der Waals surface area (Å²) in [7, 11) is 0. The molecular formula is C17H24N2O3. The van der Waals surface area contributed by atoms with E-state index >= 15 is 0 Å². The highest BCUT2D eigenvalue weighted by Crippen LogP contribution is 2.73. The molecule has 1 aliphatic heterocycles. The number of fused-ring (bicyclic) bond motifs is 1. The fourth-order valence-electron chi connectivity index (χ4n) is 4.31. The Labute approximate surface area is 130 Å². The van der Waals surface area contributed by atoms with Crippen LogP contribution in [0.2, 0.25) is 0 Å². The van der Waals surface area contributed by atoms with E-state index < -0.39 is 11.6 Å². The summed E-state index contributed by atoms with van der Waals surface area (Å²) in [6.07, 6.45) is 3.94. The van der Waals surface area contributed by atoms with Crippen molar-refractivity contribution in [3.05, 3.63) is 11.1 Å². The van der Waals surface area contributed by atoms with Crippen molar-refractivity contribution in [2.24, 2.45) is 10.8 Å². The molecule has 5 heteroatoms. The van der Waals surface area contributed by atoms with Crippen molar-refractivity contribution in [2.75, 3.05) is 0 Å². The zero-order chi connectivity index (χ0) is 16.3. The zero-order valence-electron chi connectivity index (χ0n) is 13.8. The molecule has 1 heterocycles. The monoisotopic (exact) mass is 304 g/mol. The molecule has 3 rings (SSSR count). The lowest BCUT2D eigenvalue weighted by Crippen LogP contribution is -2.44. The molecule has 0 spiro atoms.